The summed E-state index contributed by atoms with van der Waals surface area (Å²) < 4.78 is 29.4. The number of nitrogens with zero attached hydrogens (tertiary/aromatic N) is 1. The van der Waals surface area contributed by atoms with Crippen LogP contribution in [0.2, 0.25) is 0 Å². The second-order valence-corrected chi connectivity index (χ2v) is 6.73. The van der Waals surface area contributed by atoms with Gasteiger partial charge >= 0.3 is 0 Å². The Morgan fingerprint density at radius 2 is 2.12 bits per heavy atom. The first-order valence-electron chi connectivity index (χ1n) is 5.38. The van der Waals surface area contributed by atoms with Crippen LogP contribution in [0, 0.1) is 5.92 Å². The van der Waals surface area contributed by atoms with E-state index < -0.39 is 10.0 Å². The minimum atomic E-state index is -3.13. The fraction of sp³-hybridized carbons (Fsp3) is 0.636. The molecule has 16 heavy (non-hydrogen) atoms. The zero-order valence-corrected chi connectivity index (χ0v) is 10.6. The fourth-order valence-electron chi connectivity index (χ4n) is 1.73. The zero-order chi connectivity index (χ0) is 11.9. The van der Waals surface area contributed by atoms with Crippen LogP contribution in [0.5, 0.6) is 0 Å². The summed E-state index contributed by atoms with van der Waals surface area (Å²) in [5.74, 6) is 2.94. The maximum Gasteiger partial charge on any atom is 0.211 e. The summed E-state index contributed by atoms with van der Waals surface area (Å²) in [5.41, 5.74) is 0. The molecular formula is C11H17NO3S. The molecule has 5 heteroatoms. The van der Waals surface area contributed by atoms with Gasteiger partial charge in [-0.05, 0) is 24.5 Å². The smallest absolute Gasteiger partial charge is 0.211 e. The molecular weight excluding hydrogens is 226 g/mol. The van der Waals surface area contributed by atoms with Crippen molar-refractivity contribution >= 4 is 10.0 Å². The van der Waals surface area contributed by atoms with Gasteiger partial charge in [-0.25, -0.2) is 8.42 Å². The first kappa shape index (κ1) is 11.7. The highest BCUT2D eigenvalue weighted by Gasteiger charge is 2.36. The van der Waals surface area contributed by atoms with Gasteiger partial charge in [-0.3, -0.25) is 0 Å². The number of hydrogen-bond donors (Lipinski definition) is 0. The highest BCUT2D eigenvalue weighted by atomic mass is 32.2. The van der Waals surface area contributed by atoms with Crippen molar-refractivity contribution in [2.24, 2.45) is 5.92 Å². The Balaban J connectivity index is 2.03. The van der Waals surface area contributed by atoms with E-state index >= 15 is 0 Å². The van der Waals surface area contributed by atoms with E-state index in [2.05, 4.69) is 6.92 Å². The Kier molecular flexibility index (Phi) is 2.84. The van der Waals surface area contributed by atoms with Gasteiger partial charge in [-0.2, -0.15) is 4.31 Å². The highest BCUT2D eigenvalue weighted by molar-refractivity contribution is 7.88. The molecule has 0 aliphatic heterocycles. The van der Waals surface area contributed by atoms with E-state index in [1.807, 2.05) is 12.1 Å². The molecule has 1 aromatic rings. The molecule has 1 saturated carbocycles. The van der Waals surface area contributed by atoms with Gasteiger partial charge in [-0.15, -0.1) is 0 Å². The van der Waals surface area contributed by atoms with E-state index in [-0.39, 0.29) is 0 Å². The van der Waals surface area contributed by atoms with Crippen molar-refractivity contribution in [3.05, 3.63) is 23.7 Å². The third-order valence-corrected chi connectivity index (χ3v) is 4.36. The average Bonchev–Trinajstić information content (AvgIpc) is 2.72. The molecule has 1 aromatic heterocycles. The molecule has 1 aliphatic rings. The molecule has 2 atom stereocenters. The number of furan rings is 1. The molecule has 0 radical (unpaired) electrons. The van der Waals surface area contributed by atoms with E-state index in [1.165, 1.54) is 17.0 Å². The van der Waals surface area contributed by atoms with E-state index in [4.69, 9.17) is 4.42 Å². The lowest BCUT2D eigenvalue weighted by atomic mass is 10.3. The Labute approximate surface area is 96.3 Å². The normalized spacial score (nSPS) is 25.0. The molecule has 0 spiro atoms. The molecule has 0 aromatic carbocycles. The van der Waals surface area contributed by atoms with Crippen molar-refractivity contribution in [3.63, 3.8) is 0 Å². The molecule has 0 amide bonds. The minimum Gasteiger partial charge on any atom is -0.464 e. The first-order chi connectivity index (χ1) is 7.38. The lowest BCUT2D eigenvalue weighted by Gasteiger charge is -2.11. The average molecular weight is 243 g/mol. The van der Waals surface area contributed by atoms with Gasteiger partial charge in [0.05, 0.1) is 12.8 Å². The topological polar surface area (TPSA) is 50.5 Å². The van der Waals surface area contributed by atoms with Crippen molar-refractivity contribution < 1.29 is 12.8 Å². The summed E-state index contributed by atoms with van der Waals surface area (Å²) in [4.78, 5) is 0. The number of sulfonamides is 1. The lowest BCUT2D eigenvalue weighted by molar-refractivity contribution is 0.391. The molecule has 0 N–H and O–H groups in total. The third-order valence-electron chi connectivity index (χ3n) is 3.10. The second kappa shape index (κ2) is 3.89. The van der Waals surface area contributed by atoms with Gasteiger partial charge in [0.1, 0.15) is 11.5 Å². The fourth-order valence-corrected chi connectivity index (χ4v) is 2.10. The summed E-state index contributed by atoms with van der Waals surface area (Å²) in [5, 5.41) is 0. The van der Waals surface area contributed by atoms with E-state index in [0.717, 1.165) is 5.76 Å². The molecule has 0 bridgehead atoms. The third kappa shape index (κ3) is 2.47. The standard InChI is InChI=1S/C11H17NO3S/c1-8-6-10(8)11-5-4-9(15-11)7-12(2)16(3,13)14/h4-5,8,10H,6-7H2,1-3H3. The van der Waals surface area contributed by atoms with Gasteiger partial charge in [-0.1, -0.05) is 6.92 Å². The summed E-state index contributed by atoms with van der Waals surface area (Å²) in [6.45, 7) is 2.50. The van der Waals surface area contributed by atoms with Crippen LogP contribution < -0.4 is 0 Å². The first-order valence-corrected chi connectivity index (χ1v) is 7.22. The van der Waals surface area contributed by atoms with Crippen LogP contribution in [0.15, 0.2) is 16.5 Å². The van der Waals surface area contributed by atoms with Crippen molar-refractivity contribution in [1.29, 1.82) is 0 Å². The Morgan fingerprint density at radius 3 is 2.62 bits per heavy atom. The SMILES string of the molecule is CC1CC1c1ccc(CN(C)S(C)(=O)=O)o1. The van der Waals surface area contributed by atoms with Crippen molar-refractivity contribution in [1.82, 2.24) is 4.31 Å². The quantitative estimate of drug-likeness (QED) is 0.810. The van der Waals surface area contributed by atoms with Crippen molar-refractivity contribution in [2.45, 2.75) is 25.8 Å². The molecule has 1 heterocycles. The number of rotatable bonds is 4. The lowest BCUT2D eigenvalue weighted by Crippen LogP contribution is -2.24. The molecule has 1 aliphatic carbocycles. The van der Waals surface area contributed by atoms with Gasteiger partial charge in [0.25, 0.3) is 0 Å². The molecule has 2 rings (SSSR count). The Bertz CT molecular complexity index is 477. The minimum absolute atomic E-state index is 0.305. The van der Waals surface area contributed by atoms with E-state index in [9.17, 15) is 8.42 Å². The summed E-state index contributed by atoms with van der Waals surface area (Å²) >= 11 is 0. The van der Waals surface area contributed by atoms with Crippen LogP contribution in [0.3, 0.4) is 0 Å². The van der Waals surface area contributed by atoms with E-state index in [0.29, 0.717) is 24.1 Å². The predicted octanol–water partition coefficient (Wildman–Crippen LogP) is 1.79. The summed E-state index contributed by atoms with van der Waals surface area (Å²) in [6, 6.07) is 3.82. The van der Waals surface area contributed by atoms with E-state index in [1.54, 1.807) is 7.05 Å². The summed E-state index contributed by atoms with van der Waals surface area (Å²) in [7, 11) is -1.58. The van der Waals surface area contributed by atoms with Gasteiger partial charge in [0.2, 0.25) is 10.0 Å². The van der Waals surface area contributed by atoms with Crippen LogP contribution in [-0.2, 0) is 16.6 Å². The van der Waals surface area contributed by atoms with Crippen molar-refractivity contribution in [3.8, 4) is 0 Å². The monoisotopic (exact) mass is 243 g/mol. The number of hydrogen-bond acceptors (Lipinski definition) is 3. The van der Waals surface area contributed by atoms with Crippen LogP contribution >= 0.6 is 0 Å². The van der Waals surface area contributed by atoms with Crippen molar-refractivity contribution in [2.75, 3.05) is 13.3 Å². The second-order valence-electron chi connectivity index (χ2n) is 4.64. The molecule has 90 valence electrons. The molecule has 4 nitrogen and oxygen atoms in total. The molecule has 0 saturated heterocycles. The van der Waals surface area contributed by atoms with Crippen LogP contribution in [-0.4, -0.2) is 26.0 Å². The molecule has 1 fully saturated rings. The maximum absolute atomic E-state index is 11.2. The Hall–Kier alpha value is -0.810. The van der Waals surface area contributed by atoms with Crippen LogP contribution in [0.4, 0.5) is 0 Å². The van der Waals surface area contributed by atoms with Crippen LogP contribution in [0.1, 0.15) is 30.8 Å². The van der Waals surface area contributed by atoms with Gasteiger partial charge in [0.15, 0.2) is 0 Å². The molecule has 2 unspecified atom stereocenters. The Morgan fingerprint density at radius 1 is 1.50 bits per heavy atom. The zero-order valence-electron chi connectivity index (χ0n) is 9.80. The summed E-state index contributed by atoms with van der Waals surface area (Å²) in [6.07, 6.45) is 2.37. The maximum atomic E-state index is 11.2. The predicted molar refractivity (Wildman–Crippen MR) is 61.5 cm³/mol. The van der Waals surface area contributed by atoms with Gasteiger partial charge < -0.3 is 4.42 Å². The largest absolute Gasteiger partial charge is 0.464 e. The highest BCUT2D eigenvalue weighted by Crippen LogP contribution is 2.47. The van der Waals surface area contributed by atoms with Gasteiger partial charge in [0, 0.05) is 13.0 Å². The van der Waals surface area contributed by atoms with Crippen LogP contribution in [0.25, 0.3) is 0 Å².